The summed E-state index contributed by atoms with van der Waals surface area (Å²) in [6, 6.07) is 6.04. The van der Waals surface area contributed by atoms with Gasteiger partial charge in [0.25, 0.3) is 0 Å². The van der Waals surface area contributed by atoms with Gasteiger partial charge in [0, 0.05) is 17.8 Å². The third-order valence-corrected chi connectivity index (χ3v) is 4.01. The number of hydrogen-bond acceptors (Lipinski definition) is 3. The zero-order valence-corrected chi connectivity index (χ0v) is 12.2. The molecule has 0 unspecified atom stereocenters. The first-order valence-electron chi connectivity index (χ1n) is 7.03. The van der Waals surface area contributed by atoms with Crippen molar-refractivity contribution in [2.75, 3.05) is 12.4 Å². The number of aryl methyl sites for hydroxylation is 2. The Kier molecular flexibility index (Phi) is 3.60. The number of amides is 1. The van der Waals surface area contributed by atoms with Crippen molar-refractivity contribution in [2.24, 2.45) is 0 Å². The maximum absolute atomic E-state index is 10.9. The van der Waals surface area contributed by atoms with E-state index in [1.807, 2.05) is 18.5 Å². The predicted octanol–water partition coefficient (Wildman–Crippen LogP) is 3.03. The Bertz CT molecular complexity index is 695. The molecule has 1 aromatic heterocycles. The first-order chi connectivity index (χ1) is 10.2. The fourth-order valence-corrected chi connectivity index (χ4v) is 3.13. The van der Waals surface area contributed by atoms with Crippen molar-refractivity contribution in [3.63, 3.8) is 0 Å². The third kappa shape index (κ3) is 2.37. The fraction of sp³-hybridized carbons (Fsp3) is 0.294. The monoisotopic (exact) mass is 281 g/mol. The number of nitrogens with one attached hydrogen (secondary N) is 1. The second-order valence-corrected chi connectivity index (χ2v) is 5.25. The van der Waals surface area contributed by atoms with E-state index in [0.717, 1.165) is 41.6 Å². The molecule has 0 aliphatic heterocycles. The summed E-state index contributed by atoms with van der Waals surface area (Å²) in [6.45, 7) is 2.07. The molecule has 1 aliphatic rings. The number of nitrogens with zero attached hydrogens (tertiary/aromatic N) is 1. The fourth-order valence-electron chi connectivity index (χ4n) is 3.13. The van der Waals surface area contributed by atoms with Crippen LogP contribution >= 0.6 is 0 Å². The highest BCUT2D eigenvalue weighted by atomic mass is 16.5. The molecule has 3 rings (SSSR count). The number of hydrogen-bond donors (Lipinski definition) is 1. The van der Waals surface area contributed by atoms with E-state index in [1.54, 1.807) is 13.3 Å². The van der Waals surface area contributed by atoms with Crippen LogP contribution in [0.25, 0.3) is 11.1 Å². The number of benzene rings is 1. The summed E-state index contributed by atoms with van der Waals surface area (Å²) in [6.07, 6.45) is 6.75. The van der Waals surface area contributed by atoms with Crippen molar-refractivity contribution in [3.8, 4) is 17.0 Å². The topological polar surface area (TPSA) is 51.2 Å². The lowest BCUT2D eigenvalue weighted by atomic mass is 9.93. The van der Waals surface area contributed by atoms with Crippen molar-refractivity contribution in [1.29, 1.82) is 0 Å². The molecule has 2 aromatic rings. The molecule has 4 heteroatoms. The number of rotatable bonds is 4. The van der Waals surface area contributed by atoms with Crippen molar-refractivity contribution >= 4 is 12.1 Å². The Morgan fingerprint density at radius 1 is 1.33 bits per heavy atom. The third-order valence-electron chi connectivity index (χ3n) is 4.01. The van der Waals surface area contributed by atoms with E-state index in [-0.39, 0.29) is 0 Å². The van der Waals surface area contributed by atoms with Crippen LogP contribution in [-0.4, -0.2) is 18.5 Å². The molecule has 4 nitrogen and oxygen atoms in total. The normalized spacial score (nSPS) is 12.9. The van der Waals surface area contributed by atoms with Gasteiger partial charge in [0.15, 0.2) is 0 Å². The highest BCUT2D eigenvalue weighted by Gasteiger charge is 2.21. The van der Waals surface area contributed by atoms with Crippen molar-refractivity contribution < 1.29 is 9.53 Å². The van der Waals surface area contributed by atoms with Gasteiger partial charge in [-0.1, -0.05) is 6.07 Å². The largest absolute Gasteiger partial charge is 0.481 e. The summed E-state index contributed by atoms with van der Waals surface area (Å²) >= 11 is 0. The van der Waals surface area contributed by atoms with Gasteiger partial charge in [-0.25, -0.2) is 4.98 Å². The zero-order chi connectivity index (χ0) is 14.8. The van der Waals surface area contributed by atoms with E-state index in [4.69, 9.17) is 4.74 Å². The number of ether oxygens (including phenoxy) is 1. The maximum Gasteiger partial charge on any atom is 0.314 e. The number of anilines is 1. The van der Waals surface area contributed by atoms with Crippen molar-refractivity contribution in [3.05, 3.63) is 41.1 Å². The molecule has 21 heavy (non-hydrogen) atoms. The average molecular weight is 281 g/mol. The van der Waals surface area contributed by atoms with Crippen LogP contribution in [0.15, 0.2) is 24.4 Å². The van der Waals surface area contributed by atoms with Crippen molar-refractivity contribution in [2.45, 2.75) is 26.2 Å². The Balaban J connectivity index is 2.23. The summed E-state index contributed by atoms with van der Waals surface area (Å²) < 4.78 is 5.20. The molecule has 107 valence electrons. The lowest BCUT2D eigenvalue weighted by Gasteiger charge is -2.17. The molecule has 0 saturated heterocycles. The molecule has 1 radical (unpaired) electrons. The summed E-state index contributed by atoms with van der Waals surface area (Å²) in [5.41, 5.74) is 6.60. The minimum atomic E-state index is 0.563. The van der Waals surface area contributed by atoms with E-state index in [0.29, 0.717) is 5.88 Å². The number of pyridine rings is 1. The summed E-state index contributed by atoms with van der Waals surface area (Å²) in [4.78, 5) is 15.1. The SMILES string of the molecule is COc1cc(-c2c(C)cc3c(c2N[C]=O)CCC3)ccn1. The van der Waals surface area contributed by atoms with Gasteiger partial charge < -0.3 is 10.1 Å². The van der Waals surface area contributed by atoms with Gasteiger partial charge in [-0.15, -0.1) is 0 Å². The molecule has 0 bridgehead atoms. The number of carbonyl (C=O) groups excluding carboxylic acids is 1. The van der Waals surface area contributed by atoms with Gasteiger partial charge in [0.05, 0.1) is 12.8 Å². The Hall–Kier alpha value is -2.36. The van der Waals surface area contributed by atoms with Crippen LogP contribution in [0.2, 0.25) is 0 Å². The maximum atomic E-state index is 10.9. The molecule has 0 fully saturated rings. The van der Waals surface area contributed by atoms with Crippen LogP contribution in [0.4, 0.5) is 5.69 Å². The standard InChI is InChI=1S/C17H17N2O2/c1-11-8-12-4-3-5-14(12)17(19-10-20)16(11)13-6-7-18-15(9-13)21-2/h6-9H,3-5H2,1-2H3,(H,19,20). The zero-order valence-electron chi connectivity index (χ0n) is 12.2. The minimum Gasteiger partial charge on any atom is -0.481 e. The van der Waals surface area contributed by atoms with Gasteiger partial charge in [-0.05, 0) is 54.5 Å². The Morgan fingerprint density at radius 2 is 2.19 bits per heavy atom. The molecule has 0 spiro atoms. The number of methoxy groups -OCH3 is 1. The quantitative estimate of drug-likeness (QED) is 0.876. The molecule has 1 aromatic carbocycles. The van der Waals surface area contributed by atoms with Crippen LogP contribution < -0.4 is 10.1 Å². The Labute approximate surface area is 124 Å². The lowest BCUT2D eigenvalue weighted by Crippen LogP contribution is -2.03. The average Bonchev–Trinajstić information content (AvgIpc) is 2.95. The summed E-state index contributed by atoms with van der Waals surface area (Å²) in [5.74, 6) is 0.563. The van der Waals surface area contributed by atoms with E-state index < -0.39 is 0 Å². The molecule has 0 saturated carbocycles. The van der Waals surface area contributed by atoms with Crippen molar-refractivity contribution in [1.82, 2.24) is 4.98 Å². The van der Waals surface area contributed by atoms with Crippen LogP contribution in [0.5, 0.6) is 5.88 Å². The molecular weight excluding hydrogens is 264 g/mol. The molecule has 0 atom stereocenters. The lowest BCUT2D eigenvalue weighted by molar-refractivity contribution is 0.398. The van der Waals surface area contributed by atoms with Crippen LogP contribution in [0.1, 0.15) is 23.1 Å². The summed E-state index contributed by atoms with van der Waals surface area (Å²) in [5, 5.41) is 2.79. The molecule has 1 N–H and O–H groups in total. The second kappa shape index (κ2) is 5.56. The van der Waals surface area contributed by atoms with E-state index >= 15 is 0 Å². The summed E-state index contributed by atoms with van der Waals surface area (Å²) in [7, 11) is 1.60. The van der Waals surface area contributed by atoms with E-state index in [2.05, 4.69) is 23.3 Å². The first kappa shape index (κ1) is 13.6. The minimum absolute atomic E-state index is 0.563. The molecule has 1 aliphatic carbocycles. The highest BCUT2D eigenvalue weighted by Crippen LogP contribution is 2.40. The Morgan fingerprint density at radius 3 is 2.95 bits per heavy atom. The number of fused-ring (bicyclic) bond motifs is 1. The number of aromatic nitrogens is 1. The second-order valence-electron chi connectivity index (χ2n) is 5.25. The van der Waals surface area contributed by atoms with Crippen LogP contribution in [0, 0.1) is 6.92 Å². The first-order valence-corrected chi connectivity index (χ1v) is 7.03. The van der Waals surface area contributed by atoms with Gasteiger partial charge in [0.1, 0.15) is 0 Å². The van der Waals surface area contributed by atoms with Gasteiger partial charge in [-0.3, -0.25) is 4.79 Å². The molecular formula is C17H17N2O2. The highest BCUT2D eigenvalue weighted by molar-refractivity contribution is 5.90. The predicted molar refractivity (Wildman–Crippen MR) is 82.3 cm³/mol. The smallest absolute Gasteiger partial charge is 0.314 e. The van der Waals surface area contributed by atoms with E-state index in [9.17, 15) is 4.79 Å². The van der Waals surface area contributed by atoms with Gasteiger partial charge >= 0.3 is 6.41 Å². The van der Waals surface area contributed by atoms with Crippen LogP contribution in [0.3, 0.4) is 0 Å². The van der Waals surface area contributed by atoms with Gasteiger partial charge in [-0.2, -0.15) is 0 Å². The van der Waals surface area contributed by atoms with Gasteiger partial charge in [0.2, 0.25) is 5.88 Å². The van der Waals surface area contributed by atoms with Crippen LogP contribution in [-0.2, 0) is 17.6 Å². The molecule has 1 amide bonds. The molecule has 1 heterocycles. The van der Waals surface area contributed by atoms with E-state index in [1.165, 1.54) is 11.1 Å².